The van der Waals surface area contributed by atoms with Crippen LogP contribution in [-0.4, -0.2) is 28.7 Å². The highest BCUT2D eigenvalue weighted by Crippen LogP contribution is 2.44. The molecule has 0 fully saturated rings. The van der Waals surface area contributed by atoms with Gasteiger partial charge in [0.05, 0.1) is 38.8 Å². The Bertz CT molecular complexity index is 4610. The molecule has 0 saturated heterocycles. The molecule has 0 spiro atoms. The third-order valence-electron chi connectivity index (χ3n) is 14.9. The third kappa shape index (κ3) is 6.92. The van der Waals surface area contributed by atoms with Gasteiger partial charge in [-0.15, -0.1) is 0 Å². The van der Waals surface area contributed by atoms with Crippen LogP contribution < -0.4 is 0 Å². The monoisotopic (exact) mass is 956 g/mol. The van der Waals surface area contributed by atoms with Crippen molar-refractivity contribution in [1.82, 2.24) is 28.7 Å². The topological polar surface area (TPSA) is 53.5 Å². The van der Waals surface area contributed by atoms with Crippen molar-refractivity contribution >= 4 is 65.4 Å². The highest BCUT2D eigenvalue weighted by molar-refractivity contribution is 6.24. The SMILES string of the molecule is c1ccc(-c2ccc(-c3ccc(-c4nc(-c5ccccc5)nc(-n5c6ccc(-n7c8ccccc8c8ccccc87)cc6c6ccc7c8ccccc8n(-c8ccccc8-c8ccccc8)c7c65)n4)cc3)cc2)cc1. The number of benzene rings is 11. The zero-order chi connectivity index (χ0) is 49.4. The molecule has 11 aromatic carbocycles. The van der Waals surface area contributed by atoms with E-state index in [2.05, 4.69) is 262 Å². The first-order valence-electron chi connectivity index (χ1n) is 25.4. The summed E-state index contributed by atoms with van der Waals surface area (Å²) in [4.78, 5) is 16.3. The Kier molecular flexibility index (Phi) is 9.78. The lowest BCUT2D eigenvalue weighted by molar-refractivity contribution is 0.953. The van der Waals surface area contributed by atoms with Gasteiger partial charge in [-0.05, 0) is 70.3 Å². The standard InChI is InChI=1S/C69H44N6/c1-4-18-45(19-5-1)46-32-34-47(35-33-46)48-36-38-51(39-37-48)68-70-67(50-22-8-3-9-23-50)71-69(72-68)75-64-43-40-52(73-61-29-15-11-25-54(61)55-26-12-16-30-62(55)73)44-59(64)58-42-41-57-56-27-13-17-31-63(56)74(65(57)66(58)75)60-28-14-10-24-53(60)49-20-6-2-7-21-49/h1-44H. The van der Waals surface area contributed by atoms with E-state index in [9.17, 15) is 0 Å². The van der Waals surface area contributed by atoms with Crippen LogP contribution in [0.15, 0.2) is 267 Å². The summed E-state index contributed by atoms with van der Waals surface area (Å²) in [5.41, 5.74) is 17.4. The number of hydrogen-bond acceptors (Lipinski definition) is 3. The smallest absolute Gasteiger partial charge is 0.238 e. The van der Waals surface area contributed by atoms with Gasteiger partial charge in [0.1, 0.15) is 0 Å². The van der Waals surface area contributed by atoms with Crippen molar-refractivity contribution < 1.29 is 0 Å². The van der Waals surface area contributed by atoms with Crippen LogP contribution in [-0.2, 0) is 0 Å². The molecule has 0 N–H and O–H groups in total. The maximum atomic E-state index is 5.53. The molecule has 0 atom stereocenters. The van der Waals surface area contributed by atoms with Crippen LogP contribution in [0.1, 0.15) is 0 Å². The number of fused-ring (bicyclic) bond motifs is 10. The second-order valence-electron chi connectivity index (χ2n) is 19.2. The Morgan fingerprint density at radius 1 is 0.240 bits per heavy atom. The average Bonchev–Trinajstić information content (AvgIpc) is 4.14. The van der Waals surface area contributed by atoms with Crippen molar-refractivity contribution in [2.24, 2.45) is 0 Å². The molecule has 75 heavy (non-hydrogen) atoms. The van der Waals surface area contributed by atoms with Gasteiger partial charge in [-0.25, -0.2) is 4.98 Å². The molecule has 15 aromatic rings. The minimum absolute atomic E-state index is 0.532. The van der Waals surface area contributed by atoms with Gasteiger partial charge < -0.3 is 9.13 Å². The van der Waals surface area contributed by atoms with Gasteiger partial charge in [0.2, 0.25) is 5.95 Å². The molecule has 4 aromatic heterocycles. The highest BCUT2D eigenvalue weighted by atomic mass is 15.2. The predicted octanol–water partition coefficient (Wildman–Crippen LogP) is 17.5. The normalized spacial score (nSPS) is 11.7. The lowest BCUT2D eigenvalue weighted by atomic mass is 9.99. The van der Waals surface area contributed by atoms with E-state index in [0.717, 1.165) is 99.4 Å². The molecule has 0 unspecified atom stereocenters. The lowest BCUT2D eigenvalue weighted by Crippen LogP contribution is -2.07. The Balaban J connectivity index is 1.01. The van der Waals surface area contributed by atoms with Crippen molar-refractivity contribution in [3.05, 3.63) is 267 Å². The summed E-state index contributed by atoms with van der Waals surface area (Å²) in [7, 11) is 0. The van der Waals surface area contributed by atoms with Crippen LogP contribution >= 0.6 is 0 Å². The van der Waals surface area contributed by atoms with Gasteiger partial charge >= 0.3 is 0 Å². The molecule has 0 radical (unpaired) electrons. The Morgan fingerprint density at radius 3 is 1.23 bits per heavy atom. The Hall–Kier alpha value is -10.2. The van der Waals surface area contributed by atoms with E-state index in [1.807, 2.05) is 18.2 Å². The van der Waals surface area contributed by atoms with Crippen molar-refractivity contribution in [3.8, 4) is 73.5 Å². The van der Waals surface area contributed by atoms with E-state index in [0.29, 0.717) is 17.6 Å². The largest absolute Gasteiger partial charge is 0.309 e. The molecular formula is C69H44N6. The van der Waals surface area contributed by atoms with Crippen molar-refractivity contribution in [3.63, 3.8) is 0 Å². The van der Waals surface area contributed by atoms with Gasteiger partial charge in [-0.3, -0.25) is 4.57 Å². The van der Waals surface area contributed by atoms with Crippen molar-refractivity contribution in [2.45, 2.75) is 0 Å². The molecule has 0 aliphatic heterocycles. The van der Waals surface area contributed by atoms with Crippen LogP contribution in [0.2, 0.25) is 0 Å². The first-order valence-corrected chi connectivity index (χ1v) is 25.4. The van der Waals surface area contributed by atoms with Crippen LogP contribution in [0, 0.1) is 0 Å². The minimum Gasteiger partial charge on any atom is -0.309 e. The summed E-state index contributed by atoms with van der Waals surface area (Å²) < 4.78 is 7.15. The van der Waals surface area contributed by atoms with Gasteiger partial charge in [0, 0.05) is 54.7 Å². The average molecular weight is 957 g/mol. The van der Waals surface area contributed by atoms with Crippen molar-refractivity contribution in [2.75, 3.05) is 0 Å². The molecule has 0 aliphatic rings. The lowest BCUT2D eigenvalue weighted by Gasteiger charge is -2.16. The molecule has 15 rings (SSSR count). The number of para-hydroxylation sites is 4. The van der Waals surface area contributed by atoms with Gasteiger partial charge in [0.15, 0.2) is 11.6 Å². The van der Waals surface area contributed by atoms with E-state index in [-0.39, 0.29) is 0 Å². The van der Waals surface area contributed by atoms with Crippen LogP contribution in [0.3, 0.4) is 0 Å². The number of nitrogens with zero attached hydrogens (tertiary/aromatic N) is 6. The van der Waals surface area contributed by atoms with Crippen molar-refractivity contribution in [1.29, 1.82) is 0 Å². The second-order valence-corrected chi connectivity index (χ2v) is 19.2. The first kappa shape index (κ1) is 42.5. The molecular weight excluding hydrogens is 913 g/mol. The van der Waals surface area contributed by atoms with Gasteiger partial charge in [-0.1, -0.05) is 224 Å². The quantitative estimate of drug-likeness (QED) is 0.152. The zero-order valence-electron chi connectivity index (χ0n) is 40.6. The molecule has 0 saturated carbocycles. The molecule has 350 valence electrons. The van der Waals surface area contributed by atoms with E-state index < -0.39 is 0 Å². The first-order chi connectivity index (χ1) is 37.2. The summed E-state index contributed by atoms with van der Waals surface area (Å²) in [6.45, 7) is 0. The number of hydrogen-bond donors (Lipinski definition) is 0. The fourth-order valence-electron chi connectivity index (χ4n) is 11.5. The second kappa shape index (κ2) is 17.3. The van der Waals surface area contributed by atoms with Gasteiger partial charge in [0.25, 0.3) is 0 Å². The highest BCUT2D eigenvalue weighted by Gasteiger charge is 2.25. The fraction of sp³-hybridized carbons (Fsp3) is 0. The molecule has 0 aliphatic carbocycles. The molecule has 4 heterocycles. The molecule has 0 amide bonds. The van der Waals surface area contributed by atoms with E-state index >= 15 is 0 Å². The van der Waals surface area contributed by atoms with E-state index in [1.165, 1.54) is 21.9 Å². The molecule has 0 bridgehead atoms. The van der Waals surface area contributed by atoms with Crippen LogP contribution in [0.25, 0.3) is 139 Å². The Morgan fingerprint density at radius 2 is 0.640 bits per heavy atom. The maximum absolute atomic E-state index is 5.53. The number of rotatable bonds is 8. The Labute approximate surface area is 432 Å². The summed E-state index contributed by atoms with van der Waals surface area (Å²) in [5, 5.41) is 6.92. The zero-order valence-corrected chi connectivity index (χ0v) is 40.6. The van der Waals surface area contributed by atoms with Gasteiger partial charge in [-0.2, -0.15) is 9.97 Å². The van der Waals surface area contributed by atoms with E-state index in [4.69, 9.17) is 15.0 Å². The third-order valence-corrected chi connectivity index (χ3v) is 14.9. The summed E-state index contributed by atoms with van der Waals surface area (Å²) in [6.07, 6.45) is 0. The minimum atomic E-state index is 0.532. The molecule has 6 heteroatoms. The summed E-state index contributed by atoms with van der Waals surface area (Å²) in [5.74, 6) is 1.71. The summed E-state index contributed by atoms with van der Waals surface area (Å²) >= 11 is 0. The molecule has 6 nitrogen and oxygen atoms in total. The fourth-order valence-corrected chi connectivity index (χ4v) is 11.5. The van der Waals surface area contributed by atoms with Crippen LogP contribution in [0.5, 0.6) is 0 Å². The maximum Gasteiger partial charge on any atom is 0.238 e. The van der Waals surface area contributed by atoms with Crippen LogP contribution in [0.4, 0.5) is 0 Å². The summed E-state index contributed by atoms with van der Waals surface area (Å²) in [6, 6.07) is 95.2. The number of aromatic nitrogens is 6. The van der Waals surface area contributed by atoms with E-state index in [1.54, 1.807) is 0 Å². The predicted molar refractivity (Wildman–Crippen MR) is 310 cm³/mol.